The van der Waals surface area contributed by atoms with E-state index in [9.17, 15) is 0 Å². The van der Waals surface area contributed by atoms with Crippen molar-refractivity contribution in [3.05, 3.63) is 55.2 Å². The molecule has 1 aromatic carbocycles. The van der Waals surface area contributed by atoms with Gasteiger partial charge in [-0.25, -0.2) is 0 Å². The second-order valence-electron chi connectivity index (χ2n) is 4.49. The van der Waals surface area contributed by atoms with Crippen LogP contribution >= 0.6 is 38.9 Å². The lowest BCUT2D eigenvalue weighted by Crippen LogP contribution is -1.92. The molecule has 18 heavy (non-hydrogen) atoms. The first-order valence-electron chi connectivity index (χ1n) is 5.74. The highest BCUT2D eigenvalue weighted by molar-refractivity contribution is 9.11. The molecule has 0 radical (unpaired) electrons. The van der Waals surface area contributed by atoms with Crippen molar-refractivity contribution in [2.75, 3.05) is 0 Å². The number of hydrogen-bond acceptors (Lipinski definition) is 2. The van der Waals surface area contributed by atoms with E-state index in [1.807, 2.05) is 0 Å². The minimum absolute atomic E-state index is 0.0779. The summed E-state index contributed by atoms with van der Waals surface area (Å²) >= 11 is 11.8. The molecule has 2 aromatic rings. The molecule has 0 bridgehead atoms. The molecule has 2 heterocycles. The van der Waals surface area contributed by atoms with E-state index in [0.717, 1.165) is 16.0 Å². The molecule has 0 aliphatic carbocycles. The first-order valence-corrected chi connectivity index (χ1v) is 7.79. The normalized spacial score (nSPS) is 15.7. The van der Waals surface area contributed by atoms with Gasteiger partial charge in [-0.15, -0.1) is 22.9 Å². The SMILES string of the molecule is Cc1cc(C(Cl)c2ccc3c(c2)COC3)sc1Br. The fourth-order valence-electron chi connectivity index (χ4n) is 2.12. The van der Waals surface area contributed by atoms with Crippen LogP contribution in [-0.4, -0.2) is 0 Å². The van der Waals surface area contributed by atoms with Crippen LogP contribution in [0.4, 0.5) is 0 Å². The summed E-state index contributed by atoms with van der Waals surface area (Å²) in [5, 5.41) is -0.0779. The Hall–Kier alpha value is -0.350. The molecule has 3 rings (SSSR count). The summed E-state index contributed by atoms with van der Waals surface area (Å²) in [6.07, 6.45) is 0. The largest absolute Gasteiger partial charge is 0.372 e. The predicted octanol–water partition coefficient (Wildman–Crippen LogP) is 5.18. The average Bonchev–Trinajstić information content (AvgIpc) is 2.95. The number of aryl methyl sites for hydroxylation is 1. The topological polar surface area (TPSA) is 9.23 Å². The Morgan fingerprint density at radius 1 is 1.28 bits per heavy atom. The molecule has 1 unspecified atom stereocenters. The van der Waals surface area contributed by atoms with E-state index in [-0.39, 0.29) is 5.38 Å². The zero-order valence-electron chi connectivity index (χ0n) is 9.87. The van der Waals surface area contributed by atoms with Crippen molar-refractivity contribution >= 4 is 38.9 Å². The summed E-state index contributed by atoms with van der Waals surface area (Å²) in [4.78, 5) is 1.18. The lowest BCUT2D eigenvalue weighted by Gasteiger charge is -2.09. The summed E-state index contributed by atoms with van der Waals surface area (Å²) in [6.45, 7) is 3.52. The van der Waals surface area contributed by atoms with Crippen LogP contribution in [-0.2, 0) is 18.0 Å². The Labute approximate surface area is 124 Å². The number of thiophene rings is 1. The van der Waals surface area contributed by atoms with Gasteiger partial charge in [0, 0.05) is 4.88 Å². The molecule has 0 saturated heterocycles. The van der Waals surface area contributed by atoms with Crippen LogP contribution in [0.1, 0.15) is 32.5 Å². The van der Waals surface area contributed by atoms with Gasteiger partial charge in [0.2, 0.25) is 0 Å². The third-order valence-electron chi connectivity index (χ3n) is 3.16. The van der Waals surface area contributed by atoms with Crippen LogP contribution in [0.25, 0.3) is 0 Å². The second kappa shape index (κ2) is 4.97. The van der Waals surface area contributed by atoms with Gasteiger partial charge >= 0.3 is 0 Å². The number of hydrogen-bond donors (Lipinski definition) is 0. The van der Waals surface area contributed by atoms with Crippen LogP contribution in [0.5, 0.6) is 0 Å². The average molecular weight is 344 g/mol. The van der Waals surface area contributed by atoms with Gasteiger partial charge in [0.25, 0.3) is 0 Å². The maximum Gasteiger partial charge on any atom is 0.0928 e. The molecule has 0 N–H and O–H groups in total. The Morgan fingerprint density at radius 3 is 2.78 bits per heavy atom. The van der Waals surface area contributed by atoms with Crippen LogP contribution in [0.15, 0.2) is 28.1 Å². The van der Waals surface area contributed by atoms with Crippen molar-refractivity contribution in [3.8, 4) is 0 Å². The molecule has 0 amide bonds. The third-order valence-corrected chi connectivity index (χ3v) is 5.98. The van der Waals surface area contributed by atoms with Gasteiger partial charge in [-0.05, 0) is 51.2 Å². The molecule has 0 saturated carbocycles. The summed E-state index contributed by atoms with van der Waals surface area (Å²) in [7, 11) is 0. The summed E-state index contributed by atoms with van der Waals surface area (Å²) in [6, 6.07) is 8.55. The fourth-order valence-corrected chi connectivity index (χ4v) is 4.03. The van der Waals surface area contributed by atoms with Crippen molar-refractivity contribution in [2.24, 2.45) is 0 Å². The predicted molar refractivity (Wildman–Crippen MR) is 79.4 cm³/mol. The summed E-state index contributed by atoms with van der Waals surface area (Å²) in [5.74, 6) is 0. The number of alkyl halides is 1. The smallest absolute Gasteiger partial charge is 0.0928 e. The Balaban J connectivity index is 1.94. The van der Waals surface area contributed by atoms with E-state index in [4.69, 9.17) is 16.3 Å². The molecule has 1 nitrogen and oxygen atoms in total. The van der Waals surface area contributed by atoms with Gasteiger partial charge in [-0.1, -0.05) is 18.2 Å². The van der Waals surface area contributed by atoms with Crippen molar-refractivity contribution in [1.29, 1.82) is 0 Å². The van der Waals surface area contributed by atoms with E-state index in [1.54, 1.807) is 11.3 Å². The number of rotatable bonds is 2. The second-order valence-corrected chi connectivity index (χ2v) is 7.33. The van der Waals surface area contributed by atoms with Crippen molar-refractivity contribution in [1.82, 2.24) is 0 Å². The highest BCUT2D eigenvalue weighted by Gasteiger charge is 2.18. The van der Waals surface area contributed by atoms with E-state index in [2.05, 4.69) is 47.1 Å². The van der Waals surface area contributed by atoms with E-state index in [1.165, 1.54) is 21.6 Å². The molecule has 1 aliphatic rings. The standard InChI is InChI=1S/C14H12BrClOS/c1-8-4-12(18-14(8)15)13(16)9-2-3-10-6-17-7-11(10)5-9/h2-5,13H,6-7H2,1H3. The summed E-state index contributed by atoms with van der Waals surface area (Å²) < 4.78 is 6.59. The van der Waals surface area contributed by atoms with Crippen molar-refractivity contribution in [2.45, 2.75) is 25.5 Å². The highest BCUT2D eigenvalue weighted by atomic mass is 79.9. The van der Waals surface area contributed by atoms with E-state index >= 15 is 0 Å². The lowest BCUT2D eigenvalue weighted by molar-refractivity contribution is 0.134. The van der Waals surface area contributed by atoms with Gasteiger partial charge in [0.1, 0.15) is 0 Å². The van der Waals surface area contributed by atoms with Crippen LogP contribution in [0, 0.1) is 6.92 Å². The number of halogens is 2. The maximum atomic E-state index is 6.57. The van der Waals surface area contributed by atoms with Crippen molar-refractivity contribution < 1.29 is 4.74 Å². The molecule has 4 heteroatoms. The Kier molecular flexibility index (Phi) is 3.50. The van der Waals surface area contributed by atoms with Gasteiger partial charge in [-0.2, -0.15) is 0 Å². The van der Waals surface area contributed by atoms with Crippen LogP contribution in [0.3, 0.4) is 0 Å². The maximum absolute atomic E-state index is 6.57. The molecule has 1 aliphatic heterocycles. The Morgan fingerprint density at radius 2 is 2.06 bits per heavy atom. The quantitative estimate of drug-likeness (QED) is 0.683. The highest BCUT2D eigenvalue weighted by Crippen LogP contribution is 2.38. The third kappa shape index (κ3) is 2.25. The molecule has 0 fully saturated rings. The fraction of sp³-hybridized carbons (Fsp3) is 0.286. The van der Waals surface area contributed by atoms with Crippen molar-refractivity contribution in [3.63, 3.8) is 0 Å². The minimum Gasteiger partial charge on any atom is -0.372 e. The lowest BCUT2D eigenvalue weighted by atomic mass is 10.0. The number of benzene rings is 1. The molecule has 1 aromatic heterocycles. The first kappa shape index (κ1) is 12.7. The zero-order valence-corrected chi connectivity index (χ0v) is 13.0. The molecule has 0 spiro atoms. The van der Waals surface area contributed by atoms with Gasteiger partial charge in [0.15, 0.2) is 0 Å². The number of fused-ring (bicyclic) bond motifs is 1. The zero-order chi connectivity index (χ0) is 12.7. The van der Waals surface area contributed by atoms with E-state index in [0.29, 0.717) is 6.61 Å². The molecule has 94 valence electrons. The Bertz CT molecular complexity index is 574. The van der Waals surface area contributed by atoms with E-state index < -0.39 is 0 Å². The summed E-state index contributed by atoms with van der Waals surface area (Å²) in [5.41, 5.74) is 4.94. The molecular weight excluding hydrogens is 332 g/mol. The first-order chi connectivity index (χ1) is 8.65. The van der Waals surface area contributed by atoms with Crippen LogP contribution < -0.4 is 0 Å². The van der Waals surface area contributed by atoms with Crippen LogP contribution in [0.2, 0.25) is 0 Å². The van der Waals surface area contributed by atoms with Gasteiger partial charge in [-0.3, -0.25) is 0 Å². The minimum atomic E-state index is -0.0779. The molecular formula is C14H12BrClOS. The monoisotopic (exact) mass is 342 g/mol. The van der Waals surface area contributed by atoms with Gasteiger partial charge < -0.3 is 4.74 Å². The van der Waals surface area contributed by atoms with Gasteiger partial charge in [0.05, 0.1) is 22.4 Å². The molecule has 1 atom stereocenters. The number of ether oxygens (including phenoxy) is 1.